The molecule has 0 spiro atoms. The van der Waals surface area contributed by atoms with Crippen molar-refractivity contribution in [3.05, 3.63) is 82.1 Å². The van der Waals surface area contributed by atoms with E-state index in [1.54, 1.807) is 24.3 Å². The molecule has 10 heteroatoms. The molecule has 0 saturated heterocycles. The maximum absolute atomic E-state index is 13.4. The zero-order valence-corrected chi connectivity index (χ0v) is 16.9. The summed E-state index contributed by atoms with van der Waals surface area (Å²) in [6.07, 6.45) is -4.89. The van der Waals surface area contributed by atoms with E-state index in [-0.39, 0.29) is 17.3 Å². The zero-order chi connectivity index (χ0) is 23.0. The predicted molar refractivity (Wildman–Crippen MR) is 112 cm³/mol. The minimum absolute atomic E-state index is 0.164. The Morgan fingerprint density at radius 1 is 0.938 bits per heavy atom. The van der Waals surface area contributed by atoms with Crippen molar-refractivity contribution in [3.8, 4) is 11.1 Å². The van der Waals surface area contributed by atoms with Crippen LogP contribution in [0.5, 0.6) is 0 Å². The lowest BCUT2D eigenvalue weighted by molar-refractivity contribution is -0.139. The highest BCUT2D eigenvalue weighted by Gasteiger charge is 2.34. The van der Waals surface area contributed by atoms with Crippen LogP contribution < -0.4 is 16.0 Å². The van der Waals surface area contributed by atoms with Crippen molar-refractivity contribution in [1.82, 2.24) is 5.32 Å². The molecule has 3 aromatic carbocycles. The van der Waals surface area contributed by atoms with Gasteiger partial charge in [-0.3, -0.25) is 4.79 Å². The molecule has 32 heavy (non-hydrogen) atoms. The molecule has 0 radical (unpaired) electrons. The number of alkyl halides is 3. The van der Waals surface area contributed by atoms with E-state index in [9.17, 15) is 27.2 Å². The lowest BCUT2D eigenvalue weighted by Gasteiger charge is -2.13. The third-order valence-electron chi connectivity index (χ3n) is 4.89. The van der Waals surface area contributed by atoms with Gasteiger partial charge in [-0.05, 0) is 47.5 Å². The summed E-state index contributed by atoms with van der Waals surface area (Å²) in [6, 6.07) is 11.3. The van der Waals surface area contributed by atoms with E-state index < -0.39 is 23.6 Å². The molecular weight excluding hydrogens is 450 g/mol. The Bertz CT molecular complexity index is 1240. The molecule has 0 aliphatic carbocycles. The van der Waals surface area contributed by atoms with Gasteiger partial charge >= 0.3 is 12.2 Å². The molecule has 0 unspecified atom stereocenters. The van der Waals surface area contributed by atoms with Crippen LogP contribution in [-0.2, 0) is 12.7 Å². The molecular formula is C22H14ClF4N3O2. The fourth-order valence-corrected chi connectivity index (χ4v) is 3.71. The number of urea groups is 1. The minimum Gasteiger partial charge on any atom is -0.348 e. The second-order valence-corrected chi connectivity index (χ2v) is 7.39. The van der Waals surface area contributed by atoms with Crippen LogP contribution in [0, 0.1) is 5.82 Å². The van der Waals surface area contributed by atoms with Crippen LogP contribution in [0.25, 0.3) is 11.1 Å². The Morgan fingerprint density at radius 3 is 2.28 bits per heavy atom. The lowest BCUT2D eigenvalue weighted by atomic mass is 9.96. The maximum Gasteiger partial charge on any atom is 0.419 e. The van der Waals surface area contributed by atoms with Crippen molar-refractivity contribution >= 4 is 34.9 Å². The number of benzene rings is 3. The Hall–Kier alpha value is -3.59. The molecule has 0 saturated carbocycles. The van der Waals surface area contributed by atoms with Crippen LogP contribution in [0.4, 0.5) is 33.7 Å². The van der Waals surface area contributed by atoms with Crippen LogP contribution in [-0.4, -0.2) is 11.9 Å². The van der Waals surface area contributed by atoms with E-state index in [2.05, 4.69) is 16.0 Å². The molecule has 4 rings (SSSR count). The summed E-state index contributed by atoms with van der Waals surface area (Å²) in [6.45, 7) is 0.376. The summed E-state index contributed by atoms with van der Waals surface area (Å²) in [5.41, 5.74) is 1.39. The van der Waals surface area contributed by atoms with Crippen molar-refractivity contribution in [3.63, 3.8) is 0 Å². The molecule has 0 bridgehead atoms. The Labute approximate surface area is 184 Å². The molecule has 164 valence electrons. The summed E-state index contributed by atoms with van der Waals surface area (Å²) < 4.78 is 51.9. The second kappa shape index (κ2) is 8.16. The number of carbonyl (C=O) groups excluding carboxylic acids is 2. The molecule has 3 amide bonds. The van der Waals surface area contributed by atoms with E-state index in [1.807, 2.05) is 6.07 Å². The monoisotopic (exact) mass is 463 g/mol. The topological polar surface area (TPSA) is 70.2 Å². The van der Waals surface area contributed by atoms with E-state index in [0.717, 1.165) is 17.2 Å². The van der Waals surface area contributed by atoms with Gasteiger partial charge in [0.15, 0.2) is 0 Å². The number of nitrogens with one attached hydrogen (secondary N) is 3. The van der Waals surface area contributed by atoms with Gasteiger partial charge in [-0.1, -0.05) is 29.8 Å². The molecule has 1 aliphatic rings. The number of amides is 3. The summed E-state index contributed by atoms with van der Waals surface area (Å²) in [7, 11) is 0. The summed E-state index contributed by atoms with van der Waals surface area (Å²) in [5, 5.41) is 7.75. The maximum atomic E-state index is 13.4. The van der Waals surface area contributed by atoms with Crippen molar-refractivity contribution in [2.24, 2.45) is 0 Å². The standard InChI is InChI=1S/C22H14ClF4N3O2/c23-18-9-12(4-6-14(18)13-2-1-3-15-16(13)10-28-20(15)31)30-21(32)29-11-5-7-19(24)17(8-11)22(25,26)27/h1-9H,10H2,(H,28,31)(H2,29,30,32). The molecule has 1 heterocycles. The van der Waals surface area contributed by atoms with Crippen LogP contribution in [0.15, 0.2) is 54.6 Å². The van der Waals surface area contributed by atoms with Gasteiger partial charge in [0.05, 0.1) is 10.6 Å². The van der Waals surface area contributed by atoms with E-state index >= 15 is 0 Å². The van der Waals surface area contributed by atoms with Crippen molar-refractivity contribution < 1.29 is 27.2 Å². The SMILES string of the molecule is O=C(Nc1ccc(-c2cccc3c2CNC3=O)c(Cl)c1)Nc1ccc(F)c(C(F)(F)F)c1. The van der Waals surface area contributed by atoms with Gasteiger partial charge in [0.2, 0.25) is 0 Å². The molecule has 3 N–H and O–H groups in total. The Kier molecular flexibility index (Phi) is 5.52. The van der Waals surface area contributed by atoms with Gasteiger partial charge < -0.3 is 16.0 Å². The zero-order valence-electron chi connectivity index (χ0n) is 16.1. The number of carbonyl (C=O) groups is 2. The summed E-state index contributed by atoms with van der Waals surface area (Å²) in [5.74, 6) is -1.60. The smallest absolute Gasteiger partial charge is 0.348 e. The average molecular weight is 464 g/mol. The Balaban J connectivity index is 1.52. The van der Waals surface area contributed by atoms with Gasteiger partial charge in [0.25, 0.3) is 5.91 Å². The fraction of sp³-hybridized carbons (Fsp3) is 0.0909. The van der Waals surface area contributed by atoms with Crippen LogP contribution in [0.2, 0.25) is 5.02 Å². The average Bonchev–Trinajstić information content (AvgIpc) is 3.10. The molecule has 1 aliphatic heterocycles. The second-order valence-electron chi connectivity index (χ2n) is 6.98. The molecule has 5 nitrogen and oxygen atoms in total. The summed E-state index contributed by atoms with van der Waals surface area (Å²) >= 11 is 6.39. The van der Waals surface area contributed by atoms with Crippen molar-refractivity contribution in [2.45, 2.75) is 12.7 Å². The van der Waals surface area contributed by atoms with E-state index in [1.165, 1.54) is 6.07 Å². The molecule has 3 aromatic rings. The van der Waals surface area contributed by atoms with Gasteiger partial charge in [0.1, 0.15) is 5.82 Å². The van der Waals surface area contributed by atoms with Crippen molar-refractivity contribution in [2.75, 3.05) is 10.6 Å². The van der Waals surface area contributed by atoms with E-state index in [0.29, 0.717) is 34.8 Å². The number of rotatable bonds is 3. The quantitative estimate of drug-likeness (QED) is 0.414. The van der Waals surface area contributed by atoms with E-state index in [4.69, 9.17) is 11.6 Å². The highest BCUT2D eigenvalue weighted by Crippen LogP contribution is 2.36. The first-order valence-corrected chi connectivity index (χ1v) is 9.66. The predicted octanol–water partition coefficient (Wildman–Crippen LogP) is 6.05. The van der Waals surface area contributed by atoms with Gasteiger partial charge in [-0.25, -0.2) is 9.18 Å². The molecule has 0 atom stereocenters. The van der Waals surface area contributed by atoms with Gasteiger partial charge in [0, 0.05) is 29.0 Å². The third-order valence-corrected chi connectivity index (χ3v) is 5.21. The minimum atomic E-state index is -4.89. The highest BCUT2D eigenvalue weighted by molar-refractivity contribution is 6.33. The summed E-state index contributed by atoms with van der Waals surface area (Å²) in [4.78, 5) is 24.1. The van der Waals surface area contributed by atoms with Gasteiger partial charge in [-0.15, -0.1) is 0 Å². The highest BCUT2D eigenvalue weighted by atomic mass is 35.5. The first-order chi connectivity index (χ1) is 15.1. The number of hydrogen-bond acceptors (Lipinski definition) is 2. The first kappa shape index (κ1) is 21.6. The number of halogens is 5. The largest absolute Gasteiger partial charge is 0.419 e. The Morgan fingerprint density at radius 2 is 1.59 bits per heavy atom. The normalized spacial score (nSPS) is 12.8. The van der Waals surface area contributed by atoms with Crippen molar-refractivity contribution in [1.29, 1.82) is 0 Å². The number of anilines is 2. The van der Waals surface area contributed by atoms with Crippen LogP contribution >= 0.6 is 11.6 Å². The molecule has 0 aromatic heterocycles. The first-order valence-electron chi connectivity index (χ1n) is 9.28. The molecule has 0 fully saturated rings. The third kappa shape index (κ3) is 4.24. The van der Waals surface area contributed by atoms with Crippen LogP contribution in [0.1, 0.15) is 21.5 Å². The number of fused-ring (bicyclic) bond motifs is 1. The lowest BCUT2D eigenvalue weighted by Crippen LogP contribution is -2.20. The van der Waals surface area contributed by atoms with Crippen LogP contribution in [0.3, 0.4) is 0 Å². The number of hydrogen-bond donors (Lipinski definition) is 3. The fourth-order valence-electron chi connectivity index (χ4n) is 3.43. The van der Waals surface area contributed by atoms with Gasteiger partial charge in [-0.2, -0.15) is 13.2 Å².